The van der Waals surface area contributed by atoms with E-state index in [4.69, 9.17) is 5.14 Å². The van der Waals surface area contributed by atoms with Crippen LogP contribution in [0.5, 0.6) is 0 Å². The predicted molar refractivity (Wildman–Crippen MR) is 76.9 cm³/mol. The highest BCUT2D eigenvalue weighted by Crippen LogP contribution is 2.18. The number of hydrogen-bond donors (Lipinski definition) is 2. The van der Waals surface area contributed by atoms with Crippen LogP contribution in [0.15, 0.2) is 41.3 Å². The summed E-state index contributed by atoms with van der Waals surface area (Å²) < 4.78 is 49.3. The first-order valence-electron chi connectivity index (χ1n) is 6.08. The third kappa shape index (κ3) is 3.46. The molecule has 3 N–H and O–H groups in total. The zero-order valence-electron chi connectivity index (χ0n) is 11.4. The third-order valence-corrected chi connectivity index (χ3v) is 3.84. The topological polar surface area (TPSA) is 89.3 Å². The molecule has 116 valence electrons. The summed E-state index contributed by atoms with van der Waals surface area (Å²) in [5.41, 5.74) is 0.0781. The molecule has 2 aromatic rings. The molecular formula is C14H12F2N2O3S. The molecule has 0 saturated carbocycles. The first kappa shape index (κ1) is 16.1. The monoisotopic (exact) mass is 326 g/mol. The summed E-state index contributed by atoms with van der Waals surface area (Å²) in [6.45, 7) is 1.51. The van der Waals surface area contributed by atoms with Crippen molar-refractivity contribution in [3.63, 3.8) is 0 Å². The molecule has 2 rings (SSSR count). The van der Waals surface area contributed by atoms with Gasteiger partial charge in [-0.3, -0.25) is 4.79 Å². The molecule has 0 aliphatic rings. The summed E-state index contributed by atoms with van der Waals surface area (Å²) in [4.78, 5) is 11.6. The van der Waals surface area contributed by atoms with E-state index in [9.17, 15) is 22.0 Å². The Balaban J connectivity index is 2.35. The van der Waals surface area contributed by atoms with Crippen molar-refractivity contribution in [2.75, 3.05) is 5.32 Å². The number of halogens is 2. The average Bonchev–Trinajstić information content (AvgIpc) is 2.42. The number of anilines is 1. The number of primary sulfonamides is 1. The quantitative estimate of drug-likeness (QED) is 0.906. The summed E-state index contributed by atoms with van der Waals surface area (Å²) in [6.07, 6.45) is 0. The second-order valence-electron chi connectivity index (χ2n) is 4.60. The number of aryl methyl sites for hydroxylation is 1. The summed E-state index contributed by atoms with van der Waals surface area (Å²) >= 11 is 0. The molecule has 0 saturated heterocycles. The highest BCUT2D eigenvalue weighted by molar-refractivity contribution is 7.89. The van der Waals surface area contributed by atoms with Crippen LogP contribution < -0.4 is 10.5 Å². The number of benzene rings is 2. The van der Waals surface area contributed by atoms with Crippen LogP contribution in [0.2, 0.25) is 0 Å². The van der Waals surface area contributed by atoms with Gasteiger partial charge in [0.15, 0.2) is 0 Å². The van der Waals surface area contributed by atoms with Crippen molar-refractivity contribution in [2.45, 2.75) is 11.8 Å². The Kier molecular flexibility index (Phi) is 4.25. The van der Waals surface area contributed by atoms with Gasteiger partial charge in [-0.05, 0) is 48.9 Å². The van der Waals surface area contributed by atoms with Gasteiger partial charge in [0.1, 0.15) is 11.6 Å². The van der Waals surface area contributed by atoms with Crippen LogP contribution in [0.3, 0.4) is 0 Å². The van der Waals surface area contributed by atoms with E-state index >= 15 is 0 Å². The van der Waals surface area contributed by atoms with Crippen molar-refractivity contribution in [1.29, 1.82) is 0 Å². The lowest BCUT2D eigenvalue weighted by atomic mass is 10.1. The number of amides is 1. The SMILES string of the molecule is Cc1cc(NC(=O)c2cc(S(N)(=O)=O)ccc2F)ccc1F. The summed E-state index contributed by atoms with van der Waals surface area (Å²) in [5.74, 6) is -2.21. The van der Waals surface area contributed by atoms with E-state index in [1.54, 1.807) is 0 Å². The van der Waals surface area contributed by atoms with Gasteiger partial charge >= 0.3 is 0 Å². The van der Waals surface area contributed by atoms with Crippen molar-refractivity contribution in [2.24, 2.45) is 5.14 Å². The van der Waals surface area contributed by atoms with Gasteiger partial charge in [0, 0.05) is 5.69 Å². The second kappa shape index (κ2) is 5.82. The fourth-order valence-electron chi connectivity index (χ4n) is 1.78. The van der Waals surface area contributed by atoms with Gasteiger partial charge in [0.25, 0.3) is 5.91 Å². The van der Waals surface area contributed by atoms with Crippen LogP contribution in [-0.2, 0) is 10.0 Å². The molecule has 0 unspecified atom stereocenters. The van der Waals surface area contributed by atoms with E-state index in [1.165, 1.54) is 19.1 Å². The maximum Gasteiger partial charge on any atom is 0.258 e. The normalized spacial score (nSPS) is 11.3. The van der Waals surface area contributed by atoms with E-state index in [1.807, 2.05) is 0 Å². The van der Waals surface area contributed by atoms with E-state index in [0.29, 0.717) is 5.56 Å². The maximum absolute atomic E-state index is 13.7. The van der Waals surface area contributed by atoms with Crippen LogP contribution in [0, 0.1) is 18.6 Å². The molecule has 0 bridgehead atoms. The largest absolute Gasteiger partial charge is 0.322 e. The van der Waals surface area contributed by atoms with Crippen LogP contribution in [0.1, 0.15) is 15.9 Å². The average molecular weight is 326 g/mol. The Hall–Kier alpha value is -2.32. The van der Waals surface area contributed by atoms with E-state index in [0.717, 1.165) is 24.3 Å². The molecule has 2 aromatic carbocycles. The Morgan fingerprint density at radius 1 is 1.09 bits per heavy atom. The van der Waals surface area contributed by atoms with Crippen molar-refractivity contribution in [3.05, 3.63) is 59.2 Å². The third-order valence-electron chi connectivity index (χ3n) is 2.93. The summed E-state index contributed by atoms with van der Waals surface area (Å²) in [5, 5.41) is 7.31. The van der Waals surface area contributed by atoms with Crippen LogP contribution >= 0.6 is 0 Å². The Labute approximate surface area is 125 Å². The first-order chi connectivity index (χ1) is 10.2. The Morgan fingerprint density at radius 2 is 1.73 bits per heavy atom. The van der Waals surface area contributed by atoms with E-state index < -0.39 is 33.1 Å². The maximum atomic E-state index is 13.7. The number of nitrogens with one attached hydrogen (secondary N) is 1. The molecule has 0 aliphatic heterocycles. The molecule has 8 heteroatoms. The first-order valence-corrected chi connectivity index (χ1v) is 7.63. The summed E-state index contributed by atoms with van der Waals surface area (Å²) in [6, 6.07) is 6.48. The number of carbonyl (C=O) groups is 1. The molecule has 22 heavy (non-hydrogen) atoms. The smallest absolute Gasteiger partial charge is 0.258 e. The van der Waals surface area contributed by atoms with Gasteiger partial charge < -0.3 is 5.32 Å². The predicted octanol–water partition coefficient (Wildman–Crippen LogP) is 2.17. The number of hydrogen-bond acceptors (Lipinski definition) is 3. The number of nitrogens with two attached hydrogens (primary N) is 1. The van der Waals surface area contributed by atoms with Crippen molar-refractivity contribution < 1.29 is 22.0 Å². The highest BCUT2D eigenvalue weighted by atomic mass is 32.2. The molecule has 5 nitrogen and oxygen atoms in total. The number of carbonyl (C=O) groups excluding carboxylic acids is 1. The fraction of sp³-hybridized carbons (Fsp3) is 0.0714. The lowest BCUT2D eigenvalue weighted by Crippen LogP contribution is -2.17. The van der Waals surface area contributed by atoms with Crippen LogP contribution in [-0.4, -0.2) is 14.3 Å². The Bertz CT molecular complexity index is 851. The van der Waals surface area contributed by atoms with Crippen LogP contribution in [0.25, 0.3) is 0 Å². The minimum Gasteiger partial charge on any atom is -0.322 e. The molecular weight excluding hydrogens is 314 g/mol. The molecule has 0 aromatic heterocycles. The van der Waals surface area contributed by atoms with Gasteiger partial charge in [0.2, 0.25) is 10.0 Å². The van der Waals surface area contributed by atoms with E-state index in [-0.39, 0.29) is 10.6 Å². The zero-order chi connectivity index (χ0) is 16.5. The molecule has 0 heterocycles. The standard InChI is InChI=1S/C14H12F2N2O3S/c1-8-6-9(2-4-12(8)15)18-14(19)11-7-10(22(17,20)21)3-5-13(11)16/h2-7H,1H3,(H,18,19)(H2,17,20,21). The zero-order valence-corrected chi connectivity index (χ0v) is 12.2. The van der Waals surface area contributed by atoms with E-state index in [2.05, 4.69) is 5.32 Å². The molecule has 1 amide bonds. The fourth-order valence-corrected chi connectivity index (χ4v) is 2.32. The molecule has 0 aliphatic carbocycles. The lowest BCUT2D eigenvalue weighted by Gasteiger charge is -2.08. The lowest BCUT2D eigenvalue weighted by molar-refractivity contribution is 0.102. The summed E-state index contributed by atoms with van der Waals surface area (Å²) in [7, 11) is -4.06. The highest BCUT2D eigenvalue weighted by Gasteiger charge is 2.17. The van der Waals surface area contributed by atoms with Crippen molar-refractivity contribution in [3.8, 4) is 0 Å². The van der Waals surface area contributed by atoms with Gasteiger partial charge in [-0.1, -0.05) is 0 Å². The molecule has 0 spiro atoms. The second-order valence-corrected chi connectivity index (χ2v) is 6.17. The minimum absolute atomic E-state index is 0.254. The minimum atomic E-state index is -4.06. The molecule has 0 atom stereocenters. The van der Waals surface area contributed by atoms with Gasteiger partial charge in [-0.2, -0.15) is 0 Å². The van der Waals surface area contributed by atoms with Crippen molar-refractivity contribution in [1.82, 2.24) is 0 Å². The molecule has 0 radical (unpaired) electrons. The van der Waals surface area contributed by atoms with Crippen LogP contribution in [0.4, 0.5) is 14.5 Å². The molecule has 0 fully saturated rings. The number of sulfonamides is 1. The number of rotatable bonds is 3. The van der Waals surface area contributed by atoms with Gasteiger partial charge in [-0.15, -0.1) is 0 Å². The van der Waals surface area contributed by atoms with Gasteiger partial charge in [-0.25, -0.2) is 22.3 Å². The van der Waals surface area contributed by atoms with Crippen molar-refractivity contribution >= 4 is 21.6 Å². The Morgan fingerprint density at radius 3 is 2.32 bits per heavy atom. The van der Waals surface area contributed by atoms with Gasteiger partial charge in [0.05, 0.1) is 10.5 Å².